The number of amides is 1. The minimum atomic E-state index is -0.341. The minimum absolute atomic E-state index is 0.215. The van der Waals surface area contributed by atoms with Crippen molar-refractivity contribution in [2.45, 2.75) is 0 Å². The first kappa shape index (κ1) is 16.3. The number of carbonyl (C=O) groups excluding carboxylic acids is 1. The molecule has 3 rings (SSSR count). The standard InChI is InChI=1S/C15H9Cl3N2O2S/c16-8-5-10(18)12(6-9(8)17)22-7-14(21)20-15-19-11-3-1-2-4-13(11)23-15/h1-6H,7H2,(H,19,20,21). The lowest BCUT2D eigenvalue weighted by Crippen LogP contribution is -2.20. The number of hydrogen-bond donors (Lipinski definition) is 1. The smallest absolute Gasteiger partial charge is 0.264 e. The Bertz CT molecular complexity index is 849. The van der Waals surface area contributed by atoms with Crippen LogP contribution in [-0.4, -0.2) is 17.5 Å². The summed E-state index contributed by atoms with van der Waals surface area (Å²) >= 11 is 19.1. The van der Waals surface area contributed by atoms with E-state index in [1.54, 1.807) is 0 Å². The monoisotopic (exact) mass is 386 g/mol. The average molecular weight is 388 g/mol. The van der Waals surface area contributed by atoms with E-state index in [9.17, 15) is 4.79 Å². The van der Waals surface area contributed by atoms with Gasteiger partial charge in [-0.05, 0) is 18.2 Å². The van der Waals surface area contributed by atoms with E-state index in [0.717, 1.165) is 10.2 Å². The Hall–Kier alpha value is -1.53. The maximum absolute atomic E-state index is 12.0. The van der Waals surface area contributed by atoms with Gasteiger partial charge in [-0.2, -0.15) is 0 Å². The summed E-state index contributed by atoms with van der Waals surface area (Å²) < 4.78 is 6.37. The second kappa shape index (κ2) is 6.93. The second-order valence-electron chi connectivity index (χ2n) is 4.52. The van der Waals surface area contributed by atoms with Crippen LogP contribution in [0, 0.1) is 0 Å². The van der Waals surface area contributed by atoms with Crippen LogP contribution in [0.3, 0.4) is 0 Å². The molecule has 1 amide bonds. The molecule has 8 heteroatoms. The molecule has 0 fully saturated rings. The molecule has 0 bridgehead atoms. The molecule has 23 heavy (non-hydrogen) atoms. The number of nitrogens with zero attached hydrogens (tertiary/aromatic N) is 1. The van der Waals surface area contributed by atoms with Crippen molar-refractivity contribution >= 4 is 67.4 Å². The van der Waals surface area contributed by atoms with Crippen LogP contribution in [0.15, 0.2) is 36.4 Å². The number of hydrogen-bond acceptors (Lipinski definition) is 4. The van der Waals surface area contributed by atoms with E-state index in [0.29, 0.717) is 20.9 Å². The summed E-state index contributed by atoms with van der Waals surface area (Å²) in [5, 5.41) is 4.11. The summed E-state index contributed by atoms with van der Waals surface area (Å²) in [6, 6.07) is 10.6. The zero-order chi connectivity index (χ0) is 16.4. The van der Waals surface area contributed by atoms with Crippen molar-refractivity contribution in [2.75, 3.05) is 11.9 Å². The Morgan fingerprint density at radius 3 is 2.65 bits per heavy atom. The van der Waals surface area contributed by atoms with Crippen LogP contribution >= 0.6 is 46.1 Å². The first-order valence-corrected chi connectivity index (χ1v) is 8.41. The Morgan fingerprint density at radius 2 is 1.87 bits per heavy atom. The molecule has 0 aliphatic heterocycles. The van der Waals surface area contributed by atoms with Crippen LogP contribution in [0.4, 0.5) is 5.13 Å². The lowest BCUT2D eigenvalue weighted by atomic mass is 10.3. The predicted octanol–water partition coefficient (Wildman–Crippen LogP) is 5.27. The van der Waals surface area contributed by atoms with Crippen molar-refractivity contribution in [3.05, 3.63) is 51.5 Å². The van der Waals surface area contributed by atoms with Gasteiger partial charge in [0, 0.05) is 6.07 Å². The van der Waals surface area contributed by atoms with Crippen LogP contribution in [0.2, 0.25) is 15.1 Å². The molecule has 0 aliphatic carbocycles. The zero-order valence-corrected chi connectivity index (χ0v) is 14.6. The van der Waals surface area contributed by atoms with E-state index in [1.165, 1.54) is 23.5 Å². The van der Waals surface area contributed by atoms with Crippen LogP contribution in [0.5, 0.6) is 5.75 Å². The van der Waals surface area contributed by atoms with Crippen LogP contribution in [-0.2, 0) is 4.79 Å². The fourth-order valence-electron chi connectivity index (χ4n) is 1.84. The van der Waals surface area contributed by atoms with Gasteiger partial charge in [0.1, 0.15) is 5.75 Å². The molecular weight excluding hydrogens is 379 g/mol. The molecule has 4 nitrogen and oxygen atoms in total. The van der Waals surface area contributed by atoms with Gasteiger partial charge in [0.15, 0.2) is 11.7 Å². The van der Waals surface area contributed by atoms with Gasteiger partial charge in [0.2, 0.25) is 0 Å². The Labute approximate surface area is 150 Å². The van der Waals surface area contributed by atoms with E-state index in [1.807, 2.05) is 24.3 Å². The van der Waals surface area contributed by atoms with E-state index in [4.69, 9.17) is 39.5 Å². The molecule has 0 unspecified atom stereocenters. The molecule has 0 atom stereocenters. The van der Waals surface area contributed by atoms with Gasteiger partial charge < -0.3 is 4.74 Å². The summed E-state index contributed by atoms with van der Waals surface area (Å²) in [7, 11) is 0. The van der Waals surface area contributed by atoms with Crippen LogP contribution in [0.1, 0.15) is 0 Å². The Kier molecular flexibility index (Phi) is 4.92. The number of anilines is 1. The number of fused-ring (bicyclic) bond motifs is 1. The fourth-order valence-corrected chi connectivity index (χ4v) is 3.31. The minimum Gasteiger partial charge on any atom is -0.482 e. The lowest BCUT2D eigenvalue weighted by Gasteiger charge is -2.08. The van der Waals surface area contributed by atoms with Gasteiger partial charge in [0.25, 0.3) is 5.91 Å². The largest absolute Gasteiger partial charge is 0.482 e. The van der Waals surface area contributed by atoms with Gasteiger partial charge >= 0.3 is 0 Å². The normalized spacial score (nSPS) is 10.7. The van der Waals surface area contributed by atoms with E-state index in [2.05, 4.69) is 10.3 Å². The van der Waals surface area contributed by atoms with Crippen molar-refractivity contribution in [1.29, 1.82) is 0 Å². The molecule has 1 aromatic heterocycles. The van der Waals surface area contributed by atoms with Gasteiger partial charge in [-0.15, -0.1) is 0 Å². The van der Waals surface area contributed by atoms with Crippen molar-refractivity contribution in [2.24, 2.45) is 0 Å². The number of ether oxygens (including phenoxy) is 1. The van der Waals surface area contributed by atoms with Crippen LogP contribution < -0.4 is 10.1 Å². The van der Waals surface area contributed by atoms with E-state index < -0.39 is 0 Å². The second-order valence-corrected chi connectivity index (χ2v) is 6.77. The summed E-state index contributed by atoms with van der Waals surface area (Å²) in [5.41, 5.74) is 0.834. The van der Waals surface area contributed by atoms with Crippen LogP contribution in [0.25, 0.3) is 10.2 Å². The number of para-hydroxylation sites is 1. The topological polar surface area (TPSA) is 51.2 Å². The number of thiazole rings is 1. The van der Waals surface area contributed by atoms with Crippen molar-refractivity contribution in [1.82, 2.24) is 4.98 Å². The molecule has 2 aromatic carbocycles. The summed E-state index contributed by atoms with van der Waals surface area (Å²) in [5.74, 6) is -0.0493. The zero-order valence-electron chi connectivity index (χ0n) is 11.5. The van der Waals surface area contributed by atoms with Crippen molar-refractivity contribution < 1.29 is 9.53 Å². The van der Waals surface area contributed by atoms with E-state index in [-0.39, 0.29) is 17.5 Å². The maximum atomic E-state index is 12.0. The lowest BCUT2D eigenvalue weighted by molar-refractivity contribution is -0.118. The third-order valence-electron chi connectivity index (χ3n) is 2.87. The third kappa shape index (κ3) is 3.87. The van der Waals surface area contributed by atoms with Crippen molar-refractivity contribution in [3.8, 4) is 5.75 Å². The summed E-state index contributed by atoms with van der Waals surface area (Å²) in [6.45, 7) is -0.215. The molecule has 0 saturated heterocycles. The molecule has 118 valence electrons. The summed E-state index contributed by atoms with van der Waals surface area (Å²) in [4.78, 5) is 16.3. The highest BCUT2D eigenvalue weighted by Gasteiger charge is 2.11. The number of aromatic nitrogens is 1. The highest BCUT2D eigenvalue weighted by atomic mass is 35.5. The van der Waals surface area contributed by atoms with Gasteiger partial charge in [-0.25, -0.2) is 4.98 Å². The predicted molar refractivity (Wildman–Crippen MR) is 95.2 cm³/mol. The van der Waals surface area contributed by atoms with Crippen molar-refractivity contribution in [3.63, 3.8) is 0 Å². The first-order valence-electron chi connectivity index (χ1n) is 6.45. The molecule has 3 aromatic rings. The third-order valence-corrected chi connectivity index (χ3v) is 4.84. The fraction of sp³-hybridized carbons (Fsp3) is 0.0667. The highest BCUT2D eigenvalue weighted by molar-refractivity contribution is 7.22. The van der Waals surface area contributed by atoms with E-state index >= 15 is 0 Å². The van der Waals surface area contributed by atoms with Gasteiger partial charge in [-0.1, -0.05) is 58.3 Å². The molecule has 1 heterocycles. The van der Waals surface area contributed by atoms with Gasteiger partial charge in [-0.3, -0.25) is 10.1 Å². The number of benzene rings is 2. The average Bonchev–Trinajstić information content (AvgIpc) is 2.91. The maximum Gasteiger partial charge on any atom is 0.264 e. The Balaban J connectivity index is 1.64. The Morgan fingerprint density at radius 1 is 1.13 bits per heavy atom. The SMILES string of the molecule is O=C(COc1cc(Cl)c(Cl)cc1Cl)Nc1nc2ccccc2s1. The first-order chi connectivity index (χ1) is 11.0. The number of nitrogens with one attached hydrogen (secondary N) is 1. The molecule has 0 spiro atoms. The number of halogens is 3. The van der Waals surface area contributed by atoms with Gasteiger partial charge in [0.05, 0.1) is 25.3 Å². The number of carbonyl (C=O) groups is 1. The highest BCUT2D eigenvalue weighted by Crippen LogP contribution is 2.33. The molecule has 1 N–H and O–H groups in total. The summed E-state index contributed by atoms with van der Waals surface area (Å²) in [6.07, 6.45) is 0. The molecular formula is C15H9Cl3N2O2S. The molecule has 0 radical (unpaired) electrons. The quantitative estimate of drug-likeness (QED) is 0.620. The number of rotatable bonds is 4. The molecule has 0 saturated carbocycles. The molecule has 0 aliphatic rings.